The van der Waals surface area contributed by atoms with Crippen LogP contribution in [0, 0.1) is 13.8 Å². The van der Waals surface area contributed by atoms with Gasteiger partial charge in [-0.2, -0.15) is 9.13 Å². The lowest BCUT2D eigenvalue weighted by molar-refractivity contribution is -0.645. The Kier molecular flexibility index (Phi) is 7.28. The average Bonchev–Trinajstić information content (AvgIpc) is 3.48. The van der Waals surface area contributed by atoms with Crippen LogP contribution in [0.5, 0.6) is 0 Å². The molecule has 6 rings (SSSR count). The summed E-state index contributed by atoms with van der Waals surface area (Å²) >= 11 is 0. The average molecular weight is 571 g/mol. The molecule has 0 N–H and O–H groups in total. The molecule has 0 saturated carbocycles. The largest absolute Gasteiger partial charge is 0.249 e. The van der Waals surface area contributed by atoms with E-state index in [4.69, 9.17) is 0 Å². The molecule has 0 unspecified atom stereocenters. The van der Waals surface area contributed by atoms with E-state index in [0.717, 1.165) is 5.69 Å². The van der Waals surface area contributed by atoms with Gasteiger partial charge in [-0.3, -0.25) is 0 Å². The van der Waals surface area contributed by atoms with Gasteiger partial charge in [-0.25, -0.2) is 9.13 Å². The van der Waals surface area contributed by atoms with Crippen molar-refractivity contribution in [2.24, 2.45) is 14.1 Å². The maximum absolute atomic E-state index is 2.46. The summed E-state index contributed by atoms with van der Waals surface area (Å²) in [5, 5.41) is 0. The molecule has 0 atom stereocenters. The Hall–Kier alpha value is -4.18. The molecule has 4 nitrogen and oxygen atoms in total. The number of aryl methyl sites for hydroxylation is 4. The fraction of sp³-hybridized carbons (Fsp3) is 0.333. The fourth-order valence-corrected chi connectivity index (χ4v) is 6.54. The molecule has 2 aromatic heterocycles. The normalized spacial score (nSPS) is 12.1. The molecular formula is C39H46N4+2. The third-order valence-electron chi connectivity index (χ3n) is 9.21. The molecule has 2 heterocycles. The van der Waals surface area contributed by atoms with Crippen LogP contribution < -0.4 is 9.13 Å². The van der Waals surface area contributed by atoms with Crippen LogP contribution in [0.4, 0.5) is 0 Å². The number of hydrogen-bond acceptors (Lipinski definition) is 0. The van der Waals surface area contributed by atoms with E-state index in [2.05, 4.69) is 167 Å². The minimum absolute atomic E-state index is 0.402. The van der Waals surface area contributed by atoms with Crippen molar-refractivity contribution in [2.75, 3.05) is 0 Å². The predicted octanol–water partition coefficient (Wildman–Crippen LogP) is 8.88. The molecule has 220 valence electrons. The highest BCUT2D eigenvalue weighted by Gasteiger charge is 2.25. The Morgan fingerprint density at radius 2 is 1.09 bits per heavy atom. The Morgan fingerprint density at radius 3 is 1.67 bits per heavy atom. The fourth-order valence-electron chi connectivity index (χ4n) is 6.54. The highest BCUT2D eigenvalue weighted by Crippen LogP contribution is 2.40. The second-order valence-electron chi connectivity index (χ2n) is 13.4. The Bertz CT molecular complexity index is 1970. The van der Waals surface area contributed by atoms with Crippen LogP contribution in [0.15, 0.2) is 79.4 Å². The minimum atomic E-state index is 0.402. The van der Waals surface area contributed by atoms with Gasteiger partial charge in [0, 0.05) is 6.07 Å². The lowest BCUT2D eigenvalue weighted by atomic mass is 9.81. The summed E-state index contributed by atoms with van der Waals surface area (Å²) in [4.78, 5) is 0. The van der Waals surface area contributed by atoms with Crippen molar-refractivity contribution in [1.82, 2.24) is 9.13 Å². The second kappa shape index (κ2) is 10.8. The van der Waals surface area contributed by atoms with E-state index in [9.17, 15) is 0 Å². The van der Waals surface area contributed by atoms with Crippen molar-refractivity contribution >= 4 is 22.1 Å². The van der Waals surface area contributed by atoms with Crippen LogP contribution in [-0.4, -0.2) is 9.13 Å². The first kappa shape index (κ1) is 28.9. The number of nitrogens with zero attached hydrogens (tertiary/aromatic N) is 4. The van der Waals surface area contributed by atoms with Gasteiger partial charge in [0.25, 0.3) is 0 Å². The number of aromatic nitrogens is 4. The molecule has 0 aliphatic carbocycles. The number of benzene rings is 4. The summed E-state index contributed by atoms with van der Waals surface area (Å²) < 4.78 is 9.17. The summed E-state index contributed by atoms with van der Waals surface area (Å²) in [6, 6.07) is 25.4. The van der Waals surface area contributed by atoms with Gasteiger partial charge in [0.1, 0.15) is 11.4 Å². The van der Waals surface area contributed by atoms with Crippen molar-refractivity contribution < 1.29 is 9.13 Å². The van der Waals surface area contributed by atoms with Crippen LogP contribution in [0.3, 0.4) is 0 Å². The Balaban J connectivity index is 1.72. The van der Waals surface area contributed by atoms with E-state index in [1.807, 2.05) is 0 Å². The molecule has 6 aromatic rings. The zero-order chi connectivity index (χ0) is 30.7. The van der Waals surface area contributed by atoms with Crippen molar-refractivity contribution in [1.29, 1.82) is 0 Å². The lowest BCUT2D eigenvalue weighted by Gasteiger charge is -2.23. The zero-order valence-corrected chi connectivity index (χ0v) is 27.5. The number of fused-ring (bicyclic) bond motifs is 2. The number of para-hydroxylation sites is 2. The molecular weight excluding hydrogens is 524 g/mol. The van der Waals surface area contributed by atoms with Gasteiger partial charge in [0.05, 0.1) is 14.1 Å². The Labute approximate surface area is 256 Å². The molecule has 0 radical (unpaired) electrons. The maximum atomic E-state index is 2.46. The van der Waals surface area contributed by atoms with Gasteiger partial charge in [0.2, 0.25) is 12.7 Å². The van der Waals surface area contributed by atoms with Gasteiger partial charge in [-0.15, -0.1) is 0 Å². The van der Waals surface area contributed by atoms with Gasteiger partial charge in [-0.05, 0) is 107 Å². The molecule has 43 heavy (non-hydrogen) atoms. The summed E-state index contributed by atoms with van der Waals surface area (Å²) in [5.74, 6) is 1.29. The monoisotopic (exact) mass is 570 g/mol. The molecule has 0 spiro atoms. The summed E-state index contributed by atoms with van der Waals surface area (Å²) in [5.41, 5.74) is 16.7. The van der Waals surface area contributed by atoms with Crippen LogP contribution in [0.25, 0.3) is 44.6 Å². The van der Waals surface area contributed by atoms with E-state index < -0.39 is 0 Å². The first-order chi connectivity index (χ1) is 20.4. The quantitative estimate of drug-likeness (QED) is 0.178. The van der Waals surface area contributed by atoms with Crippen molar-refractivity contribution in [2.45, 2.75) is 73.1 Å². The van der Waals surface area contributed by atoms with Crippen molar-refractivity contribution in [3.05, 3.63) is 107 Å². The van der Waals surface area contributed by atoms with Crippen LogP contribution in [-0.2, 0) is 14.1 Å². The SMILES string of the molecule is Cc1cc2c(cc1C)[n+](C)cn2-c1cc(-c2c(C(C)C)cc(C(C)C)cc2C(C)C)cc(-n2c[n+](C)c3ccccc32)c1. The van der Waals surface area contributed by atoms with E-state index in [0.29, 0.717) is 17.8 Å². The smallest absolute Gasteiger partial charge is 0.232 e. The summed E-state index contributed by atoms with van der Waals surface area (Å²) in [6.45, 7) is 18.4. The first-order valence-electron chi connectivity index (χ1n) is 15.7. The first-order valence-corrected chi connectivity index (χ1v) is 15.7. The number of imidazole rings is 2. The van der Waals surface area contributed by atoms with Crippen molar-refractivity contribution in [3.63, 3.8) is 0 Å². The molecule has 0 aliphatic rings. The van der Waals surface area contributed by atoms with Crippen LogP contribution in [0.1, 0.15) is 87.1 Å². The zero-order valence-electron chi connectivity index (χ0n) is 27.5. The maximum Gasteiger partial charge on any atom is 0.249 e. The highest BCUT2D eigenvalue weighted by atomic mass is 15.1. The van der Waals surface area contributed by atoms with Crippen molar-refractivity contribution in [3.8, 4) is 22.5 Å². The van der Waals surface area contributed by atoms with Gasteiger partial charge in [0.15, 0.2) is 22.1 Å². The van der Waals surface area contributed by atoms with E-state index >= 15 is 0 Å². The topological polar surface area (TPSA) is 17.6 Å². The summed E-state index contributed by atoms with van der Waals surface area (Å²) in [7, 11) is 4.28. The molecule has 0 bridgehead atoms. The lowest BCUT2D eigenvalue weighted by Crippen LogP contribution is -2.25. The van der Waals surface area contributed by atoms with E-state index in [1.54, 1.807) is 0 Å². The van der Waals surface area contributed by atoms with Gasteiger partial charge in [-0.1, -0.05) is 65.8 Å². The second-order valence-corrected chi connectivity index (χ2v) is 13.4. The van der Waals surface area contributed by atoms with Crippen LogP contribution in [0.2, 0.25) is 0 Å². The third kappa shape index (κ3) is 4.97. The minimum Gasteiger partial charge on any atom is -0.232 e. The highest BCUT2D eigenvalue weighted by molar-refractivity contribution is 5.81. The molecule has 0 aliphatic heterocycles. The molecule has 0 fully saturated rings. The van der Waals surface area contributed by atoms with Crippen LogP contribution >= 0.6 is 0 Å². The third-order valence-corrected chi connectivity index (χ3v) is 9.21. The summed E-state index contributed by atoms with van der Waals surface area (Å²) in [6.07, 6.45) is 4.44. The number of hydrogen-bond donors (Lipinski definition) is 0. The predicted molar refractivity (Wildman–Crippen MR) is 180 cm³/mol. The number of rotatable bonds is 6. The van der Waals surface area contributed by atoms with Gasteiger partial charge < -0.3 is 0 Å². The van der Waals surface area contributed by atoms with E-state index in [-0.39, 0.29) is 0 Å². The molecule has 0 amide bonds. The van der Waals surface area contributed by atoms with Gasteiger partial charge >= 0.3 is 0 Å². The molecule has 4 heteroatoms. The van der Waals surface area contributed by atoms with E-state index in [1.165, 1.54) is 66.7 Å². The Morgan fingerprint density at radius 1 is 0.558 bits per heavy atom. The molecule has 4 aromatic carbocycles. The molecule has 0 saturated heterocycles. The standard InChI is InChI=1S/C39H46N4/c1-24(2)29-19-33(25(3)4)39(34(20-29)26(5)6)30-17-31(42-22-40(9)35-13-11-12-14-36(35)42)21-32(18-30)43-23-41(10)37-15-27(7)28(8)16-38(37)43/h11-26H,1-10H3/q+2.